The normalized spacial score (nSPS) is 32.2. The molecule has 3 fully saturated rings. The van der Waals surface area contributed by atoms with E-state index < -0.39 is 124 Å². The van der Waals surface area contributed by atoms with E-state index in [-0.39, 0.29) is 18.9 Å². The van der Waals surface area contributed by atoms with Crippen LogP contribution in [-0.2, 0) is 33.2 Å². The van der Waals surface area contributed by atoms with Gasteiger partial charge in [-0.25, -0.2) is 0 Å². The first-order valence-electron chi connectivity index (χ1n) is 27.6. The number of aliphatic hydroxyl groups excluding tert-OH is 11. The molecule has 3 heterocycles. The Kier molecular flexibility index (Phi) is 34.0. The fourth-order valence-corrected chi connectivity index (χ4v) is 9.43. The number of nitrogens with one attached hydrogen (secondary N) is 1. The van der Waals surface area contributed by atoms with E-state index in [2.05, 4.69) is 24.4 Å². The van der Waals surface area contributed by atoms with Gasteiger partial charge in [-0.2, -0.15) is 0 Å². The minimum absolute atomic E-state index is 0.186. The van der Waals surface area contributed by atoms with Gasteiger partial charge < -0.3 is 89.9 Å². The molecule has 1 amide bonds. The van der Waals surface area contributed by atoms with Crippen molar-refractivity contribution >= 4 is 5.91 Å². The average Bonchev–Trinajstić information content (AvgIpc) is 3.37. The maximum Gasteiger partial charge on any atom is 0.220 e. The number of rotatable bonds is 39. The predicted molar refractivity (Wildman–Crippen MR) is 268 cm³/mol. The van der Waals surface area contributed by atoms with Crippen LogP contribution in [0.25, 0.3) is 0 Å². The van der Waals surface area contributed by atoms with E-state index in [1.807, 2.05) is 13.0 Å². The van der Waals surface area contributed by atoms with E-state index in [1.54, 1.807) is 6.08 Å². The van der Waals surface area contributed by atoms with Gasteiger partial charge in [0.1, 0.15) is 73.2 Å². The molecule has 17 atom stereocenters. The number of hydrogen-bond donors (Lipinski definition) is 12. The molecule has 0 aliphatic carbocycles. The van der Waals surface area contributed by atoms with Gasteiger partial charge in [-0.05, 0) is 32.1 Å². The van der Waals surface area contributed by atoms with Crippen molar-refractivity contribution in [2.24, 2.45) is 0 Å². The third-order valence-electron chi connectivity index (χ3n) is 14.0. The number of amides is 1. The van der Waals surface area contributed by atoms with Crippen LogP contribution in [0.5, 0.6) is 0 Å². The lowest BCUT2D eigenvalue weighted by molar-refractivity contribution is -0.379. The molecule has 3 saturated heterocycles. The summed E-state index contributed by atoms with van der Waals surface area (Å²) in [6, 6.07) is -0.981. The highest BCUT2D eigenvalue weighted by atomic mass is 16.8. The molecule has 19 nitrogen and oxygen atoms in total. The van der Waals surface area contributed by atoms with Gasteiger partial charge in [0.25, 0.3) is 0 Å². The molecule has 0 aromatic rings. The van der Waals surface area contributed by atoms with Gasteiger partial charge in [0.2, 0.25) is 5.91 Å². The molecule has 19 heteroatoms. The van der Waals surface area contributed by atoms with Gasteiger partial charge in [0.15, 0.2) is 18.9 Å². The van der Waals surface area contributed by atoms with Crippen LogP contribution in [0.15, 0.2) is 24.3 Å². The van der Waals surface area contributed by atoms with Crippen LogP contribution in [0.1, 0.15) is 174 Å². The highest BCUT2D eigenvalue weighted by molar-refractivity contribution is 5.76. The second-order valence-corrected chi connectivity index (χ2v) is 20.0. The van der Waals surface area contributed by atoms with Crippen LogP contribution in [0.2, 0.25) is 0 Å². The molecule has 0 aromatic heterocycles. The van der Waals surface area contributed by atoms with Crippen molar-refractivity contribution in [1.82, 2.24) is 5.32 Å². The molecule has 0 aromatic carbocycles. The van der Waals surface area contributed by atoms with E-state index in [0.29, 0.717) is 12.8 Å². The molecule has 12 N–H and O–H groups in total. The molecule has 3 aliphatic rings. The molecule has 0 spiro atoms. The molecule has 72 heavy (non-hydrogen) atoms. The van der Waals surface area contributed by atoms with Crippen molar-refractivity contribution in [2.45, 2.75) is 279 Å². The summed E-state index contributed by atoms with van der Waals surface area (Å²) in [5.74, 6) is -0.339. The summed E-state index contributed by atoms with van der Waals surface area (Å²) < 4.78 is 33.8. The van der Waals surface area contributed by atoms with Gasteiger partial charge in [0.05, 0.1) is 38.6 Å². The summed E-state index contributed by atoms with van der Waals surface area (Å²) in [5.41, 5.74) is 0. The highest BCUT2D eigenvalue weighted by Gasteiger charge is 2.53. The van der Waals surface area contributed by atoms with E-state index in [9.17, 15) is 61.0 Å². The molecule has 422 valence electrons. The summed E-state index contributed by atoms with van der Waals surface area (Å²) >= 11 is 0. The van der Waals surface area contributed by atoms with Crippen LogP contribution in [0.4, 0.5) is 0 Å². The van der Waals surface area contributed by atoms with Crippen LogP contribution in [-0.4, -0.2) is 193 Å². The third-order valence-corrected chi connectivity index (χ3v) is 14.0. The summed E-state index contributed by atoms with van der Waals surface area (Å²) in [7, 11) is 0. The second kappa shape index (κ2) is 37.9. The minimum atomic E-state index is -1.98. The summed E-state index contributed by atoms with van der Waals surface area (Å²) in [4.78, 5) is 12.6. The zero-order valence-corrected chi connectivity index (χ0v) is 43.4. The van der Waals surface area contributed by atoms with Gasteiger partial charge in [0, 0.05) is 6.42 Å². The van der Waals surface area contributed by atoms with Gasteiger partial charge >= 0.3 is 0 Å². The van der Waals surface area contributed by atoms with Crippen molar-refractivity contribution in [2.75, 3.05) is 26.4 Å². The van der Waals surface area contributed by atoms with Crippen molar-refractivity contribution in [3.05, 3.63) is 24.3 Å². The number of ether oxygens (including phenoxy) is 6. The summed E-state index contributed by atoms with van der Waals surface area (Å²) in [5, 5.41) is 119. The Morgan fingerprint density at radius 3 is 1.36 bits per heavy atom. The van der Waals surface area contributed by atoms with Crippen molar-refractivity contribution in [3.63, 3.8) is 0 Å². The largest absolute Gasteiger partial charge is 0.394 e. The summed E-state index contributed by atoms with van der Waals surface area (Å²) in [6.07, 6.45) is 11.2. The molecule has 0 saturated carbocycles. The third kappa shape index (κ3) is 22.9. The van der Waals surface area contributed by atoms with Crippen LogP contribution >= 0.6 is 0 Å². The molecular weight excluding hydrogens is 939 g/mol. The van der Waals surface area contributed by atoms with Gasteiger partial charge in [-0.15, -0.1) is 0 Å². The number of unbranched alkanes of at least 4 members (excludes halogenated alkanes) is 21. The fraction of sp³-hybridized carbons (Fsp3) is 0.906. The van der Waals surface area contributed by atoms with Gasteiger partial charge in [-0.3, -0.25) is 4.79 Å². The maximum absolute atomic E-state index is 12.6. The quantitative estimate of drug-likeness (QED) is 0.0311. The number of allylic oxidation sites excluding steroid dienone is 3. The van der Waals surface area contributed by atoms with Crippen molar-refractivity contribution < 1.29 is 89.4 Å². The first-order chi connectivity index (χ1) is 34.8. The topological polar surface area (TPSA) is 307 Å². The minimum Gasteiger partial charge on any atom is -0.394 e. The molecule has 17 unspecified atom stereocenters. The molecular formula is C53H97NO18. The van der Waals surface area contributed by atoms with E-state index >= 15 is 0 Å². The monoisotopic (exact) mass is 1040 g/mol. The Morgan fingerprint density at radius 2 is 0.889 bits per heavy atom. The molecule has 3 rings (SSSR count). The van der Waals surface area contributed by atoms with E-state index in [4.69, 9.17) is 28.4 Å². The van der Waals surface area contributed by atoms with Crippen molar-refractivity contribution in [1.29, 1.82) is 0 Å². The zero-order valence-electron chi connectivity index (χ0n) is 43.4. The highest BCUT2D eigenvalue weighted by Crippen LogP contribution is 2.33. The lowest BCUT2D eigenvalue weighted by atomic mass is 9.96. The number of aliphatic hydroxyl groups is 11. The predicted octanol–water partition coefficient (Wildman–Crippen LogP) is 3.20. The lowest BCUT2D eigenvalue weighted by Gasteiger charge is -2.48. The Bertz CT molecular complexity index is 1430. The second-order valence-electron chi connectivity index (χ2n) is 20.0. The smallest absolute Gasteiger partial charge is 0.220 e. The molecule has 3 aliphatic heterocycles. The van der Waals surface area contributed by atoms with Crippen molar-refractivity contribution in [3.8, 4) is 0 Å². The zero-order chi connectivity index (χ0) is 52.7. The lowest BCUT2D eigenvalue weighted by Crippen LogP contribution is -2.66. The maximum atomic E-state index is 12.6. The Morgan fingerprint density at radius 1 is 0.486 bits per heavy atom. The fourth-order valence-electron chi connectivity index (χ4n) is 9.43. The van der Waals surface area contributed by atoms with Gasteiger partial charge in [-0.1, -0.05) is 160 Å². The van der Waals surface area contributed by atoms with E-state index in [1.165, 1.54) is 122 Å². The molecule has 0 radical (unpaired) electrons. The van der Waals surface area contributed by atoms with Crippen LogP contribution in [0.3, 0.4) is 0 Å². The van der Waals surface area contributed by atoms with Crippen LogP contribution in [0, 0.1) is 0 Å². The van der Waals surface area contributed by atoms with E-state index in [0.717, 1.165) is 19.3 Å². The SMILES string of the molecule is CCCCCCCCCCCCCCCCCCCCCC/C=C/CC/C=C/C(O)C(COC1OC(CO)C(OC2OC(CO)C(OC3OC(CO)C(O)C(O)C3O)C(O)C2O)C(O)C1O)NC(=O)CCC. The van der Waals surface area contributed by atoms with Crippen LogP contribution < -0.4 is 5.32 Å². The average molecular weight is 1040 g/mol. The number of hydrogen-bond acceptors (Lipinski definition) is 18. The molecule has 0 bridgehead atoms. The Balaban J connectivity index is 1.35. The summed E-state index contributed by atoms with van der Waals surface area (Å²) in [6.45, 7) is 1.31. The first kappa shape index (κ1) is 64.6. The standard InChI is InChI=1S/C53H97NO18/c1-3-5-6-7-8-9-10-11-12-13-14-15-16-17-18-19-20-21-22-23-24-25-26-27-28-29-31-37(58)36(54-41(59)30-4-2)35-67-51-47(65)44(62)49(39(33-56)69-51)72-53-48(66)45(63)50(40(34-57)70-53)71-52-46(64)43(61)42(60)38(32-55)68-52/h25-26,29,31,36-40,42-53,55-58,60-66H,3-24,27-28,30,32-35H2,1-2H3,(H,54,59)/b26-25+,31-29+. The number of carbonyl (C=O) groups excluding carboxylic acids is 1. The first-order valence-corrected chi connectivity index (χ1v) is 27.6. The number of carbonyl (C=O) groups is 1. The Labute approximate surface area is 428 Å². The Hall–Kier alpha value is -1.73.